The van der Waals surface area contributed by atoms with Gasteiger partial charge in [0.15, 0.2) is 0 Å². The third-order valence-corrected chi connectivity index (χ3v) is 7.95. The topological polar surface area (TPSA) is 164 Å². The van der Waals surface area contributed by atoms with Gasteiger partial charge in [-0.1, -0.05) is 29.5 Å². The van der Waals surface area contributed by atoms with Crippen LogP contribution in [0.1, 0.15) is 41.0 Å². The lowest BCUT2D eigenvalue weighted by molar-refractivity contribution is -0.134. The highest BCUT2D eigenvalue weighted by Gasteiger charge is 2.40. The van der Waals surface area contributed by atoms with Crippen molar-refractivity contribution >= 4 is 40.1 Å². The fraction of sp³-hybridized carbons (Fsp3) is 0.500. The summed E-state index contributed by atoms with van der Waals surface area (Å²) in [7, 11) is 1.57. The number of rotatable bonds is 5. The number of amides is 4. The van der Waals surface area contributed by atoms with E-state index in [0.29, 0.717) is 79.9 Å². The number of allylic oxidation sites excluding steroid dienone is 1. The number of carbonyl (C=O) groups is 4. The third kappa shape index (κ3) is 8.81. The fourth-order valence-electron chi connectivity index (χ4n) is 4.85. The summed E-state index contributed by atoms with van der Waals surface area (Å²) in [5.41, 5.74) is -0.304. The lowest BCUT2D eigenvalue weighted by Gasteiger charge is -2.40. The minimum absolute atomic E-state index is 0.0950. The average molecular weight is 600 g/mol. The molecule has 4 amide bonds. The predicted octanol–water partition coefficient (Wildman–Crippen LogP) is 1.10. The SMILES string of the molecule is COCc1nnc(NC(=O)CN2CCC3(C/C=C/C(=O)NCCOc4ccccc4C(=O)NCCCNC3=O)CC2)s1. The molecule has 0 bridgehead atoms. The third-order valence-electron chi connectivity index (χ3n) is 7.14. The van der Waals surface area contributed by atoms with Crippen LogP contribution in [0.4, 0.5) is 5.13 Å². The molecule has 3 heterocycles. The number of benzene rings is 1. The zero-order chi connectivity index (χ0) is 29.8. The zero-order valence-electron chi connectivity index (χ0n) is 23.6. The molecule has 4 rings (SSSR count). The number of hydrogen-bond donors (Lipinski definition) is 4. The van der Waals surface area contributed by atoms with Crippen LogP contribution in [-0.2, 0) is 25.7 Å². The fourth-order valence-corrected chi connectivity index (χ4v) is 5.58. The number of nitrogens with one attached hydrogen (secondary N) is 4. The summed E-state index contributed by atoms with van der Waals surface area (Å²) < 4.78 is 10.8. The second-order valence-corrected chi connectivity index (χ2v) is 11.2. The van der Waals surface area contributed by atoms with Crippen LogP contribution in [0.2, 0.25) is 0 Å². The van der Waals surface area contributed by atoms with Crippen LogP contribution >= 0.6 is 11.3 Å². The molecule has 1 saturated heterocycles. The molecule has 0 aliphatic carbocycles. The number of fused-ring (bicyclic) bond motifs is 1. The molecule has 0 unspecified atom stereocenters. The molecule has 2 aliphatic heterocycles. The molecule has 14 heteroatoms. The number of piperidine rings is 1. The van der Waals surface area contributed by atoms with Crippen LogP contribution in [0, 0.1) is 5.41 Å². The number of hydrogen-bond acceptors (Lipinski definition) is 10. The first kappa shape index (κ1) is 31.1. The van der Waals surface area contributed by atoms with Crippen molar-refractivity contribution in [3.05, 3.63) is 47.0 Å². The Morgan fingerprint density at radius 3 is 2.69 bits per heavy atom. The average Bonchev–Trinajstić information content (AvgIpc) is 3.42. The molecule has 0 atom stereocenters. The minimum Gasteiger partial charge on any atom is -0.491 e. The Kier molecular flexibility index (Phi) is 11.4. The van der Waals surface area contributed by atoms with E-state index in [1.54, 1.807) is 37.5 Å². The molecule has 0 radical (unpaired) electrons. The number of anilines is 1. The number of para-hydroxylation sites is 1. The number of nitrogens with zero attached hydrogens (tertiary/aromatic N) is 3. The Morgan fingerprint density at radius 1 is 1.10 bits per heavy atom. The maximum atomic E-state index is 13.4. The first-order valence-corrected chi connectivity index (χ1v) is 14.8. The predicted molar refractivity (Wildman–Crippen MR) is 156 cm³/mol. The van der Waals surface area contributed by atoms with Crippen LogP contribution in [-0.4, -0.2) is 91.7 Å². The molecule has 13 nitrogen and oxygen atoms in total. The summed E-state index contributed by atoms with van der Waals surface area (Å²) in [6, 6.07) is 6.93. The van der Waals surface area contributed by atoms with Crippen LogP contribution in [0.5, 0.6) is 5.75 Å². The van der Waals surface area contributed by atoms with Crippen molar-refractivity contribution in [3.8, 4) is 5.75 Å². The summed E-state index contributed by atoms with van der Waals surface area (Å²) in [4.78, 5) is 53.1. The molecule has 1 aromatic carbocycles. The van der Waals surface area contributed by atoms with Crippen LogP contribution in [0.25, 0.3) is 0 Å². The van der Waals surface area contributed by atoms with Crippen molar-refractivity contribution in [2.45, 2.75) is 32.3 Å². The Balaban J connectivity index is 1.34. The molecule has 2 aliphatic rings. The summed E-state index contributed by atoms with van der Waals surface area (Å²) >= 11 is 1.26. The highest BCUT2D eigenvalue weighted by atomic mass is 32.1. The van der Waals surface area contributed by atoms with Crippen molar-refractivity contribution in [1.29, 1.82) is 0 Å². The lowest BCUT2D eigenvalue weighted by atomic mass is 9.74. The molecule has 1 aromatic heterocycles. The summed E-state index contributed by atoms with van der Waals surface area (Å²) in [5, 5.41) is 20.5. The highest BCUT2D eigenvalue weighted by Crippen LogP contribution is 2.36. The van der Waals surface area contributed by atoms with Crippen LogP contribution in [0.15, 0.2) is 36.4 Å². The van der Waals surface area contributed by atoms with Gasteiger partial charge in [0.1, 0.15) is 24.0 Å². The van der Waals surface area contributed by atoms with E-state index in [4.69, 9.17) is 9.47 Å². The second kappa shape index (κ2) is 15.4. The standard InChI is InChI=1S/C28H37N7O6S/c1-40-19-24-33-34-27(42-24)32-23(37)18-35-15-10-28(11-16-35)9-4-8-22(36)29-14-17-41-21-7-3-2-6-20(21)25(38)30-12-5-13-31-26(28)39/h2-4,6-8H,5,9-19H2,1H3,(H,29,36)(H,30,38)(H,31,39)(H,32,34,37)/b8-4+. The van der Waals surface area contributed by atoms with Gasteiger partial charge >= 0.3 is 0 Å². The Hall–Kier alpha value is -3.88. The number of methoxy groups -OCH3 is 1. The van der Waals surface area contributed by atoms with Crippen LogP contribution in [0.3, 0.4) is 0 Å². The highest BCUT2D eigenvalue weighted by molar-refractivity contribution is 7.15. The molecule has 2 aromatic rings. The number of ether oxygens (including phenoxy) is 2. The van der Waals surface area contributed by atoms with Gasteiger partial charge in [0.25, 0.3) is 5.91 Å². The maximum absolute atomic E-state index is 13.4. The first-order valence-electron chi connectivity index (χ1n) is 13.9. The Bertz CT molecular complexity index is 1270. The van der Waals surface area contributed by atoms with Gasteiger partial charge in [-0.3, -0.25) is 29.4 Å². The van der Waals surface area contributed by atoms with Crippen LogP contribution < -0.4 is 26.0 Å². The molecule has 0 saturated carbocycles. The lowest BCUT2D eigenvalue weighted by Crippen LogP contribution is -2.50. The minimum atomic E-state index is -0.714. The molecule has 4 N–H and O–H groups in total. The van der Waals surface area contributed by atoms with Crippen molar-refractivity contribution in [2.75, 3.05) is 58.3 Å². The molecular weight excluding hydrogens is 562 g/mol. The van der Waals surface area contributed by atoms with E-state index in [-0.39, 0.29) is 43.3 Å². The van der Waals surface area contributed by atoms with E-state index in [0.717, 1.165) is 0 Å². The van der Waals surface area contributed by atoms with E-state index in [1.165, 1.54) is 17.4 Å². The van der Waals surface area contributed by atoms with Gasteiger partial charge in [-0.15, -0.1) is 10.2 Å². The Labute approximate surface area is 248 Å². The van der Waals surface area contributed by atoms with E-state index >= 15 is 0 Å². The molecule has 42 heavy (non-hydrogen) atoms. The smallest absolute Gasteiger partial charge is 0.255 e. The monoisotopic (exact) mass is 599 g/mol. The van der Waals surface area contributed by atoms with Crippen molar-refractivity contribution in [1.82, 2.24) is 31.0 Å². The van der Waals surface area contributed by atoms with Gasteiger partial charge in [0.2, 0.25) is 22.9 Å². The molecule has 1 spiro atoms. The van der Waals surface area contributed by atoms with Gasteiger partial charge in [0.05, 0.1) is 24.1 Å². The second-order valence-electron chi connectivity index (χ2n) is 10.1. The maximum Gasteiger partial charge on any atom is 0.255 e. The van der Waals surface area contributed by atoms with Gasteiger partial charge in [-0.05, 0) is 57.0 Å². The van der Waals surface area contributed by atoms with Gasteiger partial charge in [-0.25, -0.2) is 0 Å². The van der Waals surface area contributed by atoms with Crippen molar-refractivity contribution < 1.29 is 28.7 Å². The Morgan fingerprint density at radius 2 is 1.88 bits per heavy atom. The van der Waals surface area contributed by atoms with E-state index < -0.39 is 5.41 Å². The van der Waals surface area contributed by atoms with Crippen molar-refractivity contribution in [2.24, 2.45) is 5.41 Å². The molecular formula is C28H37N7O6S. The largest absolute Gasteiger partial charge is 0.491 e. The summed E-state index contributed by atoms with van der Waals surface area (Å²) in [6.45, 7) is 2.82. The number of aromatic nitrogens is 2. The zero-order valence-corrected chi connectivity index (χ0v) is 24.5. The van der Waals surface area contributed by atoms with Crippen molar-refractivity contribution in [3.63, 3.8) is 0 Å². The van der Waals surface area contributed by atoms with Gasteiger partial charge in [0, 0.05) is 20.2 Å². The normalized spacial score (nSPS) is 19.7. The van der Waals surface area contributed by atoms with Gasteiger partial charge < -0.3 is 25.4 Å². The van der Waals surface area contributed by atoms with E-state index in [1.807, 2.05) is 4.90 Å². The molecule has 1 fully saturated rings. The number of carbonyl (C=O) groups excluding carboxylic acids is 4. The van der Waals surface area contributed by atoms with Gasteiger partial charge in [-0.2, -0.15) is 0 Å². The summed E-state index contributed by atoms with van der Waals surface area (Å²) in [6.07, 6.45) is 5.17. The summed E-state index contributed by atoms with van der Waals surface area (Å²) in [5.74, 6) is -0.413. The first-order chi connectivity index (χ1) is 20.4. The van der Waals surface area contributed by atoms with E-state index in [9.17, 15) is 19.2 Å². The molecule has 226 valence electrons. The van der Waals surface area contributed by atoms with E-state index in [2.05, 4.69) is 31.5 Å². The number of likely N-dealkylation sites (tertiary alicyclic amines) is 1. The quantitative estimate of drug-likeness (QED) is 0.394.